The van der Waals surface area contributed by atoms with Crippen molar-refractivity contribution in [2.24, 2.45) is 0 Å². The van der Waals surface area contributed by atoms with Crippen molar-refractivity contribution in [3.05, 3.63) is 65.2 Å². The SMILES string of the molecule is COc1ccc(C(=O)C=Cc2cccc(C#N)c2)cc1OC. The average molecular weight is 293 g/mol. The second-order valence-corrected chi connectivity index (χ2v) is 4.50. The van der Waals surface area contributed by atoms with Crippen molar-refractivity contribution in [1.29, 1.82) is 5.26 Å². The largest absolute Gasteiger partial charge is 0.493 e. The topological polar surface area (TPSA) is 59.3 Å². The van der Waals surface area contributed by atoms with Gasteiger partial charge in [-0.3, -0.25) is 4.79 Å². The van der Waals surface area contributed by atoms with Crippen LogP contribution in [0.2, 0.25) is 0 Å². The molecule has 22 heavy (non-hydrogen) atoms. The third kappa shape index (κ3) is 3.53. The predicted octanol–water partition coefficient (Wildman–Crippen LogP) is 3.47. The molecule has 0 aliphatic rings. The summed E-state index contributed by atoms with van der Waals surface area (Å²) in [5, 5.41) is 8.86. The summed E-state index contributed by atoms with van der Waals surface area (Å²) in [6, 6.07) is 14.1. The van der Waals surface area contributed by atoms with Gasteiger partial charge in [0.1, 0.15) is 0 Å². The minimum Gasteiger partial charge on any atom is -0.493 e. The fraction of sp³-hybridized carbons (Fsp3) is 0.111. The summed E-state index contributed by atoms with van der Waals surface area (Å²) in [6.45, 7) is 0. The minimum absolute atomic E-state index is 0.150. The number of rotatable bonds is 5. The van der Waals surface area contributed by atoms with Crippen LogP contribution in [0.5, 0.6) is 11.5 Å². The van der Waals surface area contributed by atoms with E-state index in [0.29, 0.717) is 22.6 Å². The van der Waals surface area contributed by atoms with Gasteiger partial charge in [0.25, 0.3) is 0 Å². The van der Waals surface area contributed by atoms with Gasteiger partial charge in [0.2, 0.25) is 0 Å². The zero-order chi connectivity index (χ0) is 15.9. The molecule has 0 atom stereocenters. The Morgan fingerprint density at radius 3 is 2.55 bits per heavy atom. The first-order valence-electron chi connectivity index (χ1n) is 6.62. The van der Waals surface area contributed by atoms with E-state index >= 15 is 0 Å². The van der Waals surface area contributed by atoms with E-state index < -0.39 is 0 Å². The zero-order valence-corrected chi connectivity index (χ0v) is 12.4. The average Bonchev–Trinajstić information content (AvgIpc) is 2.59. The lowest BCUT2D eigenvalue weighted by molar-refractivity contribution is 0.104. The lowest BCUT2D eigenvalue weighted by atomic mass is 10.1. The van der Waals surface area contributed by atoms with Gasteiger partial charge in [0.15, 0.2) is 17.3 Å². The van der Waals surface area contributed by atoms with Gasteiger partial charge in [-0.2, -0.15) is 5.26 Å². The van der Waals surface area contributed by atoms with Gasteiger partial charge in [0, 0.05) is 5.56 Å². The second-order valence-electron chi connectivity index (χ2n) is 4.50. The number of nitriles is 1. The van der Waals surface area contributed by atoms with Gasteiger partial charge in [-0.25, -0.2) is 0 Å². The molecule has 0 radical (unpaired) electrons. The normalized spacial score (nSPS) is 10.2. The number of carbonyl (C=O) groups excluding carboxylic acids is 1. The van der Waals surface area contributed by atoms with Gasteiger partial charge in [-0.05, 0) is 42.0 Å². The van der Waals surface area contributed by atoms with Crippen LogP contribution in [0.15, 0.2) is 48.5 Å². The lowest BCUT2D eigenvalue weighted by Crippen LogP contribution is -1.97. The number of ketones is 1. The quantitative estimate of drug-likeness (QED) is 0.625. The molecule has 2 aromatic rings. The van der Waals surface area contributed by atoms with Crippen molar-refractivity contribution >= 4 is 11.9 Å². The van der Waals surface area contributed by atoms with E-state index in [-0.39, 0.29) is 5.78 Å². The number of ether oxygens (including phenoxy) is 2. The summed E-state index contributed by atoms with van der Waals surface area (Å²) >= 11 is 0. The molecule has 0 aliphatic heterocycles. The Bertz CT molecular complexity index is 757. The van der Waals surface area contributed by atoms with Crippen LogP contribution in [-0.2, 0) is 0 Å². The Hall–Kier alpha value is -3.06. The molecule has 0 saturated carbocycles. The van der Waals surface area contributed by atoms with Crippen LogP contribution in [0.4, 0.5) is 0 Å². The fourth-order valence-electron chi connectivity index (χ4n) is 1.97. The van der Waals surface area contributed by atoms with E-state index in [1.165, 1.54) is 13.2 Å². The first-order valence-corrected chi connectivity index (χ1v) is 6.62. The number of benzene rings is 2. The van der Waals surface area contributed by atoms with E-state index in [1.807, 2.05) is 6.07 Å². The summed E-state index contributed by atoms with van der Waals surface area (Å²) in [4.78, 5) is 12.2. The highest BCUT2D eigenvalue weighted by Crippen LogP contribution is 2.27. The van der Waals surface area contributed by atoms with E-state index in [4.69, 9.17) is 14.7 Å². The van der Waals surface area contributed by atoms with Crippen LogP contribution in [-0.4, -0.2) is 20.0 Å². The van der Waals surface area contributed by atoms with Gasteiger partial charge >= 0.3 is 0 Å². The molecular formula is C18H15NO3. The zero-order valence-electron chi connectivity index (χ0n) is 12.4. The highest BCUT2D eigenvalue weighted by molar-refractivity contribution is 6.07. The minimum atomic E-state index is -0.150. The smallest absolute Gasteiger partial charge is 0.185 e. The Morgan fingerprint density at radius 2 is 1.86 bits per heavy atom. The second kappa shape index (κ2) is 7.09. The van der Waals surface area contributed by atoms with Crippen LogP contribution in [0.1, 0.15) is 21.5 Å². The molecule has 2 aromatic carbocycles. The van der Waals surface area contributed by atoms with Crippen LogP contribution < -0.4 is 9.47 Å². The first-order chi connectivity index (χ1) is 10.7. The maximum atomic E-state index is 12.2. The van der Waals surface area contributed by atoms with Crippen molar-refractivity contribution in [1.82, 2.24) is 0 Å². The molecule has 0 fully saturated rings. The van der Waals surface area contributed by atoms with Crippen molar-refractivity contribution < 1.29 is 14.3 Å². The number of hydrogen-bond acceptors (Lipinski definition) is 4. The Kier molecular flexibility index (Phi) is 4.94. The molecule has 4 heteroatoms. The summed E-state index contributed by atoms with van der Waals surface area (Å²) in [6.07, 6.45) is 3.15. The summed E-state index contributed by atoms with van der Waals surface area (Å²) < 4.78 is 10.3. The molecule has 110 valence electrons. The maximum Gasteiger partial charge on any atom is 0.185 e. The van der Waals surface area contributed by atoms with Crippen molar-refractivity contribution in [2.75, 3.05) is 14.2 Å². The monoisotopic (exact) mass is 293 g/mol. The fourth-order valence-corrected chi connectivity index (χ4v) is 1.97. The van der Waals surface area contributed by atoms with Crippen molar-refractivity contribution in [3.8, 4) is 17.6 Å². The molecule has 0 aromatic heterocycles. The van der Waals surface area contributed by atoms with Crippen LogP contribution >= 0.6 is 0 Å². The van der Waals surface area contributed by atoms with Crippen LogP contribution in [0, 0.1) is 11.3 Å². The standard InChI is InChI=1S/C18H15NO3/c1-21-17-9-7-15(11-18(17)22-2)16(20)8-6-13-4-3-5-14(10-13)12-19/h3-11H,1-2H3. The molecule has 0 spiro atoms. The van der Waals surface area contributed by atoms with Gasteiger partial charge in [0.05, 0.1) is 25.9 Å². The van der Waals surface area contributed by atoms with Crippen LogP contribution in [0.25, 0.3) is 6.08 Å². The number of methoxy groups -OCH3 is 2. The van der Waals surface area contributed by atoms with Gasteiger partial charge in [-0.1, -0.05) is 18.2 Å². The molecular weight excluding hydrogens is 278 g/mol. The Balaban J connectivity index is 2.21. The summed E-state index contributed by atoms with van der Waals surface area (Å²) in [7, 11) is 3.07. The van der Waals surface area contributed by atoms with E-state index in [1.54, 1.807) is 49.6 Å². The van der Waals surface area contributed by atoms with E-state index in [9.17, 15) is 4.79 Å². The summed E-state index contributed by atoms with van der Waals surface area (Å²) in [5.74, 6) is 0.932. The Labute approximate surface area is 129 Å². The van der Waals surface area contributed by atoms with E-state index in [0.717, 1.165) is 5.56 Å². The van der Waals surface area contributed by atoms with Crippen LogP contribution in [0.3, 0.4) is 0 Å². The highest BCUT2D eigenvalue weighted by Gasteiger charge is 2.08. The van der Waals surface area contributed by atoms with E-state index in [2.05, 4.69) is 6.07 Å². The molecule has 0 aliphatic carbocycles. The maximum absolute atomic E-state index is 12.2. The first kappa shape index (κ1) is 15.3. The molecule has 0 unspecified atom stereocenters. The number of nitrogens with zero attached hydrogens (tertiary/aromatic N) is 1. The highest BCUT2D eigenvalue weighted by atomic mass is 16.5. The molecule has 0 heterocycles. The molecule has 0 amide bonds. The molecule has 0 bridgehead atoms. The number of carbonyl (C=O) groups is 1. The third-order valence-corrected chi connectivity index (χ3v) is 3.11. The van der Waals surface area contributed by atoms with Crippen molar-refractivity contribution in [2.45, 2.75) is 0 Å². The molecule has 0 N–H and O–H groups in total. The lowest BCUT2D eigenvalue weighted by Gasteiger charge is -2.07. The summed E-state index contributed by atoms with van der Waals surface area (Å²) in [5.41, 5.74) is 1.86. The third-order valence-electron chi connectivity index (χ3n) is 3.11. The van der Waals surface area contributed by atoms with Gasteiger partial charge in [-0.15, -0.1) is 0 Å². The predicted molar refractivity (Wildman–Crippen MR) is 84.1 cm³/mol. The number of allylic oxidation sites excluding steroid dienone is 1. The molecule has 2 rings (SSSR count). The molecule has 4 nitrogen and oxygen atoms in total. The molecule has 0 saturated heterocycles. The van der Waals surface area contributed by atoms with Gasteiger partial charge < -0.3 is 9.47 Å². The Morgan fingerprint density at radius 1 is 1.09 bits per heavy atom. The number of hydrogen-bond donors (Lipinski definition) is 0. The van der Waals surface area contributed by atoms with Crippen molar-refractivity contribution in [3.63, 3.8) is 0 Å².